The van der Waals surface area contributed by atoms with Gasteiger partial charge in [-0.2, -0.15) is 0 Å². The standard InChI is InChI=1S/C21H23FN4O4S/c1-21(2,31(3,27)28)18-17-20(26-6-7-29-10-13(26)11-30-17)25-19(24-18)15-8-12(22)9-16-14(15)4-5-23-16/h4-5,8-9,13,23H,6-7,10-11H2,1-3H3/t13-/m0/s1. The van der Waals surface area contributed by atoms with Gasteiger partial charge in [-0.3, -0.25) is 0 Å². The molecule has 0 saturated carbocycles. The van der Waals surface area contributed by atoms with Gasteiger partial charge in [0.15, 0.2) is 27.2 Å². The summed E-state index contributed by atoms with van der Waals surface area (Å²) in [5.74, 6) is 0.698. The van der Waals surface area contributed by atoms with E-state index < -0.39 is 20.4 Å². The Morgan fingerprint density at radius 1 is 1.26 bits per heavy atom. The highest BCUT2D eigenvalue weighted by atomic mass is 32.2. The van der Waals surface area contributed by atoms with Crippen LogP contribution in [0.3, 0.4) is 0 Å². The van der Waals surface area contributed by atoms with Crippen LogP contribution in [0, 0.1) is 5.82 Å². The van der Waals surface area contributed by atoms with E-state index in [0.29, 0.717) is 49.0 Å². The molecule has 1 fully saturated rings. The molecule has 1 saturated heterocycles. The first-order valence-electron chi connectivity index (χ1n) is 10.0. The fraction of sp³-hybridized carbons (Fsp3) is 0.429. The predicted molar refractivity (Wildman–Crippen MR) is 115 cm³/mol. The number of morpholine rings is 1. The number of anilines is 1. The number of hydrogen-bond acceptors (Lipinski definition) is 7. The maximum Gasteiger partial charge on any atom is 0.185 e. The molecule has 4 heterocycles. The molecule has 0 bridgehead atoms. The van der Waals surface area contributed by atoms with Gasteiger partial charge in [0, 0.05) is 35.5 Å². The number of nitrogens with one attached hydrogen (secondary N) is 1. The molecule has 0 amide bonds. The van der Waals surface area contributed by atoms with E-state index >= 15 is 0 Å². The van der Waals surface area contributed by atoms with Crippen LogP contribution in [0.5, 0.6) is 5.75 Å². The summed E-state index contributed by atoms with van der Waals surface area (Å²) in [4.78, 5) is 14.5. The van der Waals surface area contributed by atoms with Gasteiger partial charge < -0.3 is 19.4 Å². The Hall–Kier alpha value is -2.72. The molecule has 2 aromatic heterocycles. The molecule has 0 unspecified atom stereocenters. The maximum atomic E-state index is 14.4. The second-order valence-corrected chi connectivity index (χ2v) is 11.0. The molecule has 1 aromatic carbocycles. The molecular formula is C21H23FN4O4S. The van der Waals surface area contributed by atoms with E-state index in [2.05, 4.69) is 14.9 Å². The van der Waals surface area contributed by atoms with E-state index in [0.717, 1.165) is 5.39 Å². The van der Waals surface area contributed by atoms with Gasteiger partial charge in [0.25, 0.3) is 0 Å². The van der Waals surface area contributed by atoms with Crippen LogP contribution in [0.2, 0.25) is 0 Å². The number of hydrogen-bond donors (Lipinski definition) is 1. The number of sulfone groups is 1. The Labute approximate surface area is 179 Å². The van der Waals surface area contributed by atoms with E-state index in [-0.39, 0.29) is 17.6 Å². The number of rotatable bonds is 3. The molecule has 2 aliphatic heterocycles. The number of benzene rings is 1. The topological polar surface area (TPSA) is 97.4 Å². The van der Waals surface area contributed by atoms with Gasteiger partial charge in [0.05, 0.1) is 19.3 Å². The van der Waals surface area contributed by atoms with Gasteiger partial charge in [-0.1, -0.05) is 0 Å². The van der Waals surface area contributed by atoms with E-state index in [1.54, 1.807) is 20.0 Å². The zero-order valence-electron chi connectivity index (χ0n) is 17.5. The third-order valence-electron chi connectivity index (χ3n) is 6.14. The SMILES string of the molecule is CC(C)(c1nc(-c2cc(F)cc3[nH]ccc23)nc2c1OC[C@@H]1COCCN21)S(C)(=O)=O. The van der Waals surface area contributed by atoms with E-state index in [1.807, 2.05) is 6.07 Å². The summed E-state index contributed by atoms with van der Waals surface area (Å²) in [7, 11) is -3.55. The lowest BCUT2D eigenvalue weighted by molar-refractivity contribution is 0.0691. The first-order chi connectivity index (χ1) is 14.7. The molecule has 10 heteroatoms. The lowest BCUT2D eigenvalue weighted by Gasteiger charge is -2.41. The Kier molecular flexibility index (Phi) is 4.49. The number of aromatic amines is 1. The molecule has 8 nitrogen and oxygen atoms in total. The van der Waals surface area contributed by atoms with Crippen molar-refractivity contribution in [3.8, 4) is 17.1 Å². The summed E-state index contributed by atoms with van der Waals surface area (Å²) < 4.78 is 50.0. The molecule has 0 spiro atoms. The number of ether oxygens (including phenoxy) is 2. The summed E-state index contributed by atoms with van der Waals surface area (Å²) in [5.41, 5.74) is 1.37. The van der Waals surface area contributed by atoms with Crippen LogP contribution >= 0.6 is 0 Å². The lowest BCUT2D eigenvalue weighted by atomic mass is 10.0. The number of halogens is 1. The molecule has 1 atom stereocenters. The van der Waals surface area contributed by atoms with E-state index in [9.17, 15) is 12.8 Å². The Bertz CT molecular complexity index is 1290. The minimum absolute atomic E-state index is 0.0296. The Balaban J connectivity index is 1.81. The molecule has 0 radical (unpaired) electrons. The van der Waals surface area contributed by atoms with Crippen LogP contribution in [0.4, 0.5) is 10.2 Å². The van der Waals surface area contributed by atoms with Gasteiger partial charge in [0.2, 0.25) is 0 Å². The van der Waals surface area contributed by atoms with E-state index in [4.69, 9.17) is 14.5 Å². The number of H-pyrrole nitrogens is 1. The molecule has 0 aliphatic carbocycles. The third-order valence-corrected chi connectivity index (χ3v) is 8.19. The van der Waals surface area contributed by atoms with Crippen LogP contribution in [-0.2, 0) is 19.3 Å². The summed E-state index contributed by atoms with van der Waals surface area (Å²) >= 11 is 0. The van der Waals surface area contributed by atoms with Crippen molar-refractivity contribution in [3.63, 3.8) is 0 Å². The van der Waals surface area contributed by atoms with Gasteiger partial charge >= 0.3 is 0 Å². The van der Waals surface area contributed by atoms with Crippen LogP contribution in [0.1, 0.15) is 19.5 Å². The van der Waals surface area contributed by atoms with Crippen molar-refractivity contribution < 1.29 is 22.3 Å². The minimum Gasteiger partial charge on any atom is -0.486 e. The highest BCUT2D eigenvalue weighted by molar-refractivity contribution is 7.91. The van der Waals surface area contributed by atoms with Crippen LogP contribution in [0.15, 0.2) is 24.4 Å². The van der Waals surface area contributed by atoms with Crippen LogP contribution < -0.4 is 9.64 Å². The largest absolute Gasteiger partial charge is 0.486 e. The van der Waals surface area contributed by atoms with Crippen molar-refractivity contribution in [2.45, 2.75) is 24.6 Å². The first-order valence-corrected chi connectivity index (χ1v) is 11.9. The molecular weight excluding hydrogens is 423 g/mol. The molecule has 164 valence electrons. The van der Waals surface area contributed by atoms with Gasteiger partial charge in [-0.15, -0.1) is 0 Å². The average Bonchev–Trinajstić information content (AvgIpc) is 3.19. The molecule has 3 aromatic rings. The van der Waals surface area contributed by atoms with Crippen LogP contribution in [0.25, 0.3) is 22.3 Å². The summed E-state index contributed by atoms with van der Waals surface area (Å²) in [6, 6.07) is 4.57. The number of aromatic nitrogens is 3. The van der Waals surface area contributed by atoms with Crippen molar-refractivity contribution in [3.05, 3.63) is 35.9 Å². The molecule has 31 heavy (non-hydrogen) atoms. The zero-order valence-corrected chi connectivity index (χ0v) is 18.3. The first kappa shape index (κ1) is 20.2. The minimum atomic E-state index is -3.55. The van der Waals surface area contributed by atoms with Crippen molar-refractivity contribution in [2.75, 3.05) is 37.5 Å². The van der Waals surface area contributed by atoms with Crippen molar-refractivity contribution >= 4 is 26.6 Å². The fourth-order valence-electron chi connectivity index (χ4n) is 4.04. The van der Waals surface area contributed by atoms with Gasteiger partial charge in [-0.25, -0.2) is 22.8 Å². The summed E-state index contributed by atoms with van der Waals surface area (Å²) in [6.07, 6.45) is 2.89. The lowest BCUT2D eigenvalue weighted by Crippen LogP contribution is -2.52. The normalized spacial score (nSPS) is 19.1. The summed E-state index contributed by atoms with van der Waals surface area (Å²) in [5, 5.41) is 0.750. The predicted octanol–water partition coefficient (Wildman–Crippen LogP) is 2.64. The second kappa shape index (κ2) is 6.89. The Morgan fingerprint density at radius 3 is 2.84 bits per heavy atom. The van der Waals surface area contributed by atoms with Crippen LogP contribution in [-0.4, -0.2) is 62.0 Å². The smallest absolute Gasteiger partial charge is 0.185 e. The second-order valence-electron chi connectivity index (χ2n) is 8.46. The number of nitrogens with zero attached hydrogens (tertiary/aromatic N) is 3. The van der Waals surface area contributed by atoms with Crippen molar-refractivity contribution in [2.24, 2.45) is 0 Å². The zero-order chi connectivity index (χ0) is 22.0. The van der Waals surface area contributed by atoms with Crippen molar-refractivity contribution in [1.29, 1.82) is 0 Å². The molecule has 5 rings (SSSR count). The highest BCUT2D eigenvalue weighted by Gasteiger charge is 2.42. The third kappa shape index (κ3) is 3.16. The summed E-state index contributed by atoms with van der Waals surface area (Å²) in [6.45, 7) is 5.17. The van der Waals surface area contributed by atoms with Crippen molar-refractivity contribution in [1.82, 2.24) is 15.0 Å². The average molecular weight is 447 g/mol. The Morgan fingerprint density at radius 2 is 2.06 bits per heavy atom. The monoisotopic (exact) mass is 446 g/mol. The number of fused-ring (bicyclic) bond motifs is 4. The van der Waals surface area contributed by atoms with Gasteiger partial charge in [-0.05, 0) is 32.0 Å². The van der Waals surface area contributed by atoms with Gasteiger partial charge in [0.1, 0.15) is 22.9 Å². The van der Waals surface area contributed by atoms with E-state index in [1.165, 1.54) is 18.4 Å². The molecule has 2 aliphatic rings. The maximum absolute atomic E-state index is 14.4. The highest BCUT2D eigenvalue weighted by Crippen LogP contribution is 2.44. The fourth-order valence-corrected chi connectivity index (χ4v) is 4.53. The quantitative estimate of drug-likeness (QED) is 0.661. The molecule has 1 N–H and O–H groups in total.